The van der Waals surface area contributed by atoms with Gasteiger partial charge in [0, 0.05) is 26.7 Å². The van der Waals surface area contributed by atoms with Gasteiger partial charge in [-0.3, -0.25) is 9.69 Å². The maximum Gasteiger partial charge on any atom is 0.227 e. The van der Waals surface area contributed by atoms with Crippen molar-refractivity contribution in [2.24, 2.45) is 0 Å². The van der Waals surface area contributed by atoms with E-state index in [0.717, 1.165) is 30.6 Å². The van der Waals surface area contributed by atoms with E-state index in [1.165, 1.54) is 0 Å². The second-order valence-electron chi connectivity index (χ2n) is 6.80. The average Bonchev–Trinajstić information content (AvgIpc) is 3.05. The summed E-state index contributed by atoms with van der Waals surface area (Å²) in [5.41, 5.74) is 2.16. The molecule has 132 valence electrons. The first-order valence-corrected chi connectivity index (χ1v) is 8.88. The molecule has 4 heteroatoms. The maximum absolute atomic E-state index is 12.8. The number of carbonyl (C=O) groups excluding carboxylic acids is 1. The van der Waals surface area contributed by atoms with E-state index in [9.17, 15) is 9.90 Å². The van der Waals surface area contributed by atoms with Gasteiger partial charge in [0.1, 0.15) is 0 Å². The number of carbonyl (C=O) groups is 1. The van der Waals surface area contributed by atoms with Crippen molar-refractivity contribution in [1.82, 2.24) is 9.80 Å². The molecule has 0 bridgehead atoms. The number of nitrogens with zero attached hydrogens (tertiary/aromatic N) is 2. The van der Waals surface area contributed by atoms with Crippen molar-refractivity contribution in [3.8, 4) is 0 Å². The second-order valence-corrected chi connectivity index (χ2v) is 6.80. The first kappa shape index (κ1) is 17.6. The summed E-state index contributed by atoms with van der Waals surface area (Å²) >= 11 is 0. The second kappa shape index (κ2) is 8.28. The summed E-state index contributed by atoms with van der Waals surface area (Å²) in [5.74, 6) is 0.111. The number of aliphatic hydroxyl groups is 1. The zero-order valence-electron chi connectivity index (χ0n) is 14.7. The molecule has 0 spiro atoms. The van der Waals surface area contributed by atoms with Gasteiger partial charge in [-0.15, -0.1) is 0 Å². The minimum absolute atomic E-state index is 0.0114. The highest BCUT2D eigenvalue weighted by atomic mass is 16.3. The van der Waals surface area contributed by atoms with E-state index >= 15 is 0 Å². The number of aliphatic hydroxyl groups excluding tert-OH is 1. The molecular weight excluding hydrogens is 312 g/mol. The quantitative estimate of drug-likeness (QED) is 0.880. The molecule has 1 heterocycles. The zero-order valence-corrected chi connectivity index (χ0v) is 14.7. The molecule has 3 rings (SSSR count). The molecule has 4 nitrogen and oxygen atoms in total. The Kier molecular flexibility index (Phi) is 5.84. The molecule has 2 aromatic carbocycles. The highest BCUT2D eigenvalue weighted by Gasteiger charge is 2.27. The van der Waals surface area contributed by atoms with Crippen molar-refractivity contribution in [3.05, 3.63) is 71.8 Å². The Morgan fingerprint density at radius 1 is 1.16 bits per heavy atom. The van der Waals surface area contributed by atoms with Gasteiger partial charge < -0.3 is 10.0 Å². The molecule has 0 radical (unpaired) electrons. The topological polar surface area (TPSA) is 43.8 Å². The molecule has 1 N–H and O–H groups in total. The summed E-state index contributed by atoms with van der Waals surface area (Å²) in [5, 5.41) is 9.80. The fraction of sp³-hybridized carbons (Fsp3) is 0.381. The molecule has 1 amide bonds. The van der Waals surface area contributed by atoms with E-state index in [4.69, 9.17) is 0 Å². The van der Waals surface area contributed by atoms with E-state index in [-0.39, 0.29) is 18.1 Å². The van der Waals surface area contributed by atoms with Crippen LogP contribution in [0.3, 0.4) is 0 Å². The molecule has 1 unspecified atom stereocenters. The molecule has 25 heavy (non-hydrogen) atoms. The summed E-state index contributed by atoms with van der Waals surface area (Å²) in [4.78, 5) is 16.9. The number of hydrogen-bond acceptors (Lipinski definition) is 3. The van der Waals surface area contributed by atoms with Crippen LogP contribution in [-0.2, 0) is 11.2 Å². The molecule has 0 saturated carbocycles. The van der Waals surface area contributed by atoms with Crippen LogP contribution >= 0.6 is 0 Å². The Morgan fingerprint density at radius 3 is 2.40 bits per heavy atom. The first-order valence-electron chi connectivity index (χ1n) is 8.88. The number of β-amino-alcohol motifs (C(OH)–C–C–N with tert-alkyl or cyclic N) is 1. The van der Waals surface area contributed by atoms with E-state index in [1.807, 2.05) is 60.5 Å². The third-order valence-electron chi connectivity index (χ3n) is 4.92. The smallest absolute Gasteiger partial charge is 0.227 e. The fourth-order valence-corrected chi connectivity index (χ4v) is 3.42. The lowest BCUT2D eigenvalue weighted by Crippen LogP contribution is -2.39. The van der Waals surface area contributed by atoms with E-state index in [1.54, 1.807) is 0 Å². The third kappa shape index (κ3) is 4.68. The van der Waals surface area contributed by atoms with Crippen LogP contribution in [0.5, 0.6) is 0 Å². The van der Waals surface area contributed by atoms with Crippen molar-refractivity contribution in [2.75, 3.05) is 26.7 Å². The summed E-state index contributed by atoms with van der Waals surface area (Å²) in [6, 6.07) is 20.0. The number of rotatable bonds is 6. The molecule has 1 fully saturated rings. The summed E-state index contributed by atoms with van der Waals surface area (Å²) in [7, 11) is 1.88. The molecule has 1 aliphatic heterocycles. The standard InChI is InChI=1S/C21H26N2O2/c1-22(21(25)14-17-8-4-2-5-9-17)20(18-10-6-3-7-11-18)16-23-13-12-19(24)15-23/h2-11,19-20,24H,12-16H2,1H3/t19-,20?/m0/s1. The van der Waals surface area contributed by atoms with Gasteiger partial charge in [0.2, 0.25) is 5.91 Å². The minimum Gasteiger partial charge on any atom is -0.392 e. The van der Waals surface area contributed by atoms with Gasteiger partial charge in [-0.25, -0.2) is 0 Å². The Morgan fingerprint density at radius 2 is 1.80 bits per heavy atom. The normalized spacial score (nSPS) is 18.9. The van der Waals surface area contributed by atoms with Crippen LogP contribution < -0.4 is 0 Å². The van der Waals surface area contributed by atoms with Gasteiger partial charge in [0.05, 0.1) is 18.6 Å². The molecule has 2 atom stereocenters. The molecule has 1 saturated heterocycles. The van der Waals surface area contributed by atoms with Crippen LogP contribution in [-0.4, -0.2) is 53.6 Å². The third-order valence-corrected chi connectivity index (χ3v) is 4.92. The highest BCUT2D eigenvalue weighted by Crippen LogP contribution is 2.23. The van der Waals surface area contributed by atoms with E-state index in [0.29, 0.717) is 13.0 Å². The van der Waals surface area contributed by atoms with Crippen molar-refractivity contribution in [3.63, 3.8) is 0 Å². The van der Waals surface area contributed by atoms with Crippen LogP contribution in [0.1, 0.15) is 23.6 Å². The number of hydrogen-bond donors (Lipinski definition) is 1. The van der Waals surface area contributed by atoms with Crippen molar-refractivity contribution < 1.29 is 9.90 Å². The van der Waals surface area contributed by atoms with E-state index in [2.05, 4.69) is 17.0 Å². The first-order chi connectivity index (χ1) is 12.1. The van der Waals surface area contributed by atoms with Crippen molar-refractivity contribution >= 4 is 5.91 Å². The van der Waals surface area contributed by atoms with Crippen LogP contribution in [0, 0.1) is 0 Å². The van der Waals surface area contributed by atoms with Gasteiger partial charge in [-0.1, -0.05) is 60.7 Å². The molecular formula is C21H26N2O2. The van der Waals surface area contributed by atoms with Gasteiger partial charge in [0.15, 0.2) is 0 Å². The van der Waals surface area contributed by atoms with Gasteiger partial charge in [0.25, 0.3) is 0 Å². The van der Waals surface area contributed by atoms with Crippen LogP contribution in [0.15, 0.2) is 60.7 Å². The van der Waals surface area contributed by atoms with Gasteiger partial charge in [-0.2, -0.15) is 0 Å². The Bertz CT molecular complexity index is 675. The summed E-state index contributed by atoms with van der Waals surface area (Å²) in [6.45, 7) is 2.31. The van der Waals surface area contributed by atoms with Gasteiger partial charge in [-0.05, 0) is 17.5 Å². The zero-order chi connectivity index (χ0) is 17.6. The summed E-state index contributed by atoms with van der Waals surface area (Å²) in [6.07, 6.45) is 0.966. The van der Waals surface area contributed by atoms with Crippen LogP contribution in [0.4, 0.5) is 0 Å². The maximum atomic E-state index is 12.8. The van der Waals surface area contributed by atoms with Crippen LogP contribution in [0.25, 0.3) is 0 Å². The van der Waals surface area contributed by atoms with E-state index < -0.39 is 0 Å². The van der Waals surface area contributed by atoms with Gasteiger partial charge >= 0.3 is 0 Å². The Balaban J connectivity index is 1.74. The number of benzene rings is 2. The predicted octanol–water partition coefficient (Wildman–Crippen LogP) is 2.50. The number of likely N-dealkylation sites (N-methyl/N-ethyl adjacent to an activating group) is 1. The molecule has 2 aromatic rings. The van der Waals surface area contributed by atoms with Crippen molar-refractivity contribution in [2.45, 2.75) is 25.0 Å². The minimum atomic E-state index is -0.248. The Labute approximate surface area is 149 Å². The van der Waals surface area contributed by atoms with Crippen molar-refractivity contribution in [1.29, 1.82) is 0 Å². The lowest BCUT2D eigenvalue weighted by Gasteiger charge is -2.32. The predicted molar refractivity (Wildman–Crippen MR) is 99.2 cm³/mol. The average molecular weight is 338 g/mol. The highest BCUT2D eigenvalue weighted by molar-refractivity contribution is 5.79. The molecule has 1 aliphatic rings. The Hall–Kier alpha value is -2.17. The summed E-state index contributed by atoms with van der Waals surface area (Å²) < 4.78 is 0. The lowest BCUT2D eigenvalue weighted by atomic mass is 10.0. The molecule has 0 aromatic heterocycles. The number of amides is 1. The number of likely N-dealkylation sites (tertiary alicyclic amines) is 1. The molecule has 0 aliphatic carbocycles. The van der Waals surface area contributed by atoms with Crippen LogP contribution in [0.2, 0.25) is 0 Å². The fourth-order valence-electron chi connectivity index (χ4n) is 3.42. The SMILES string of the molecule is CN(C(=O)Cc1ccccc1)C(CN1CC[C@H](O)C1)c1ccccc1. The lowest BCUT2D eigenvalue weighted by molar-refractivity contribution is -0.131. The monoisotopic (exact) mass is 338 g/mol. The largest absolute Gasteiger partial charge is 0.392 e.